The average Bonchev–Trinajstić information content (AvgIpc) is 2.37. The van der Waals surface area contributed by atoms with Crippen LogP contribution in [0.5, 0.6) is 0 Å². The van der Waals surface area contributed by atoms with Crippen LogP contribution in [0.25, 0.3) is 0 Å². The molecular formula is C16H24N2O2. The van der Waals surface area contributed by atoms with Gasteiger partial charge in [-0.1, -0.05) is 6.92 Å². The number of imide groups is 1. The van der Waals surface area contributed by atoms with Crippen LogP contribution in [0.1, 0.15) is 51.9 Å². The van der Waals surface area contributed by atoms with Crippen LogP contribution in [-0.2, 0) is 4.79 Å². The summed E-state index contributed by atoms with van der Waals surface area (Å²) >= 11 is 0. The molecule has 0 aromatic heterocycles. The smallest absolute Gasteiger partial charge is 0.324 e. The number of nitrogens with one attached hydrogen (secondary N) is 1. The SMILES string of the molecule is CCC1CNC(=O)N(C23CC4CC(CC(C4)C2)C3)C1=O. The zero-order valence-electron chi connectivity index (χ0n) is 12.2. The lowest BCUT2D eigenvalue weighted by Gasteiger charge is -2.60. The lowest BCUT2D eigenvalue weighted by atomic mass is 9.52. The van der Waals surface area contributed by atoms with Crippen molar-refractivity contribution in [3.8, 4) is 0 Å². The van der Waals surface area contributed by atoms with Crippen LogP contribution in [0.4, 0.5) is 4.79 Å². The van der Waals surface area contributed by atoms with Crippen molar-refractivity contribution in [1.82, 2.24) is 10.2 Å². The van der Waals surface area contributed by atoms with Crippen LogP contribution in [0.15, 0.2) is 0 Å². The molecule has 4 heteroatoms. The number of carbonyl (C=O) groups excluding carboxylic acids is 2. The van der Waals surface area contributed by atoms with Gasteiger partial charge in [0.15, 0.2) is 0 Å². The van der Waals surface area contributed by atoms with Crippen LogP contribution in [0.2, 0.25) is 0 Å². The van der Waals surface area contributed by atoms with E-state index in [1.165, 1.54) is 19.3 Å². The van der Waals surface area contributed by atoms with Crippen LogP contribution in [0, 0.1) is 23.7 Å². The molecule has 20 heavy (non-hydrogen) atoms. The fourth-order valence-electron chi connectivity index (χ4n) is 5.77. The first-order valence-electron chi connectivity index (χ1n) is 8.23. The molecule has 110 valence electrons. The lowest BCUT2D eigenvalue weighted by molar-refractivity contribution is -0.149. The van der Waals surface area contributed by atoms with Crippen molar-refractivity contribution < 1.29 is 9.59 Å². The maximum atomic E-state index is 12.7. The molecule has 4 saturated carbocycles. The van der Waals surface area contributed by atoms with E-state index in [0.29, 0.717) is 6.54 Å². The molecule has 4 nitrogen and oxygen atoms in total. The third kappa shape index (κ3) is 1.66. The second-order valence-corrected chi connectivity index (χ2v) is 7.61. The molecule has 1 unspecified atom stereocenters. The molecule has 0 spiro atoms. The van der Waals surface area contributed by atoms with Crippen molar-refractivity contribution in [3.63, 3.8) is 0 Å². The van der Waals surface area contributed by atoms with Gasteiger partial charge in [-0.05, 0) is 62.7 Å². The summed E-state index contributed by atoms with van der Waals surface area (Å²) in [5.41, 5.74) is -0.135. The lowest BCUT2D eigenvalue weighted by Crippen LogP contribution is -2.68. The number of rotatable bonds is 2. The minimum absolute atomic E-state index is 0.0132. The van der Waals surface area contributed by atoms with E-state index in [0.717, 1.165) is 43.4 Å². The van der Waals surface area contributed by atoms with Crippen LogP contribution >= 0.6 is 0 Å². The average molecular weight is 276 g/mol. The predicted octanol–water partition coefficient (Wildman–Crippen LogP) is 2.53. The van der Waals surface area contributed by atoms with Gasteiger partial charge >= 0.3 is 6.03 Å². The molecule has 1 aliphatic heterocycles. The molecule has 5 aliphatic rings. The molecule has 1 saturated heterocycles. The van der Waals surface area contributed by atoms with Crippen molar-refractivity contribution >= 4 is 11.9 Å². The molecular weight excluding hydrogens is 252 g/mol. The number of urea groups is 1. The molecule has 4 bridgehead atoms. The van der Waals surface area contributed by atoms with Crippen molar-refractivity contribution in [1.29, 1.82) is 0 Å². The van der Waals surface area contributed by atoms with E-state index in [9.17, 15) is 9.59 Å². The summed E-state index contributed by atoms with van der Waals surface area (Å²) in [5.74, 6) is 2.34. The van der Waals surface area contributed by atoms with Crippen molar-refractivity contribution in [2.75, 3.05) is 6.54 Å². The molecule has 0 aromatic rings. The van der Waals surface area contributed by atoms with Gasteiger partial charge in [-0.15, -0.1) is 0 Å². The molecule has 3 amide bonds. The largest absolute Gasteiger partial charge is 0.337 e. The highest BCUT2D eigenvalue weighted by atomic mass is 16.2. The van der Waals surface area contributed by atoms with Gasteiger partial charge in [0.1, 0.15) is 0 Å². The van der Waals surface area contributed by atoms with Gasteiger partial charge in [0.05, 0.1) is 11.5 Å². The Hall–Kier alpha value is -1.06. The molecule has 1 heterocycles. The van der Waals surface area contributed by atoms with Crippen molar-refractivity contribution in [3.05, 3.63) is 0 Å². The third-order valence-electron chi connectivity index (χ3n) is 6.25. The molecule has 0 aromatic carbocycles. The summed E-state index contributed by atoms with van der Waals surface area (Å²) in [6.45, 7) is 2.56. The molecule has 0 radical (unpaired) electrons. The fourth-order valence-corrected chi connectivity index (χ4v) is 5.77. The van der Waals surface area contributed by atoms with Crippen molar-refractivity contribution in [2.24, 2.45) is 23.7 Å². The molecule has 1 atom stereocenters. The maximum Gasteiger partial charge on any atom is 0.324 e. The second-order valence-electron chi connectivity index (χ2n) is 7.61. The van der Waals surface area contributed by atoms with Gasteiger partial charge in [0.2, 0.25) is 5.91 Å². The van der Waals surface area contributed by atoms with Gasteiger partial charge < -0.3 is 5.32 Å². The van der Waals surface area contributed by atoms with E-state index in [4.69, 9.17) is 0 Å². The van der Waals surface area contributed by atoms with Gasteiger partial charge in [0.25, 0.3) is 0 Å². The summed E-state index contributed by atoms with van der Waals surface area (Å²) in [7, 11) is 0. The molecule has 5 rings (SSSR count). The first-order valence-corrected chi connectivity index (χ1v) is 8.23. The highest BCUT2D eigenvalue weighted by Gasteiger charge is 2.57. The fraction of sp³-hybridized carbons (Fsp3) is 0.875. The number of hydrogen-bond acceptors (Lipinski definition) is 2. The van der Waals surface area contributed by atoms with Crippen LogP contribution in [0.3, 0.4) is 0 Å². The summed E-state index contributed by atoms with van der Waals surface area (Å²) in [6.07, 6.45) is 8.01. The van der Waals surface area contributed by atoms with E-state index in [-0.39, 0.29) is 23.4 Å². The van der Waals surface area contributed by atoms with Crippen LogP contribution < -0.4 is 5.32 Å². The second kappa shape index (κ2) is 4.22. The third-order valence-corrected chi connectivity index (χ3v) is 6.25. The number of hydrogen-bond donors (Lipinski definition) is 1. The Morgan fingerprint density at radius 2 is 1.65 bits per heavy atom. The van der Waals surface area contributed by atoms with Gasteiger partial charge in [-0.25, -0.2) is 4.79 Å². The van der Waals surface area contributed by atoms with E-state index < -0.39 is 0 Å². The Kier molecular flexibility index (Phi) is 2.67. The zero-order valence-corrected chi connectivity index (χ0v) is 12.2. The number of nitrogens with zero attached hydrogens (tertiary/aromatic N) is 1. The standard InChI is InChI=1S/C16H24N2O2/c1-2-13-9-17-15(20)18(14(13)19)16-6-10-3-11(7-16)5-12(4-10)8-16/h10-13H,2-9H2,1H3,(H,17,20). The normalized spacial score (nSPS) is 46.8. The topological polar surface area (TPSA) is 49.4 Å². The Morgan fingerprint density at radius 1 is 1.10 bits per heavy atom. The Labute approximate surface area is 120 Å². The number of carbonyl (C=O) groups is 2. The predicted molar refractivity (Wildman–Crippen MR) is 74.9 cm³/mol. The summed E-state index contributed by atoms with van der Waals surface area (Å²) in [4.78, 5) is 26.8. The number of amides is 3. The highest BCUT2D eigenvalue weighted by molar-refractivity contribution is 5.99. The minimum Gasteiger partial charge on any atom is -0.337 e. The summed E-state index contributed by atoms with van der Waals surface area (Å²) in [6, 6.07) is -0.123. The maximum absolute atomic E-state index is 12.7. The van der Waals surface area contributed by atoms with E-state index in [2.05, 4.69) is 5.32 Å². The Morgan fingerprint density at radius 3 is 2.15 bits per heavy atom. The van der Waals surface area contributed by atoms with E-state index in [1.54, 1.807) is 4.90 Å². The van der Waals surface area contributed by atoms with E-state index >= 15 is 0 Å². The van der Waals surface area contributed by atoms with Gasteiger partial charge in [-0.3, -0.25) is 9.69 Å². The van der Waals surface area contributed by atoms with Gasteiger partial charge in [0, 0.05) is 6.54 Å². The summed E-state index contributed by atoms with van der Waals surface area (Å²) < 4.78 is 0. The first-order chi connectivity index (χ1) is 9.61. The quantitative estimate of drug-likeness (QED) is 0.842. The molecule has 1 N–H and O–H groups in total. The molecule has 5 fully saturated rings. The highest BCUT2D eigenvalue weighted by Crippen LogP contribution is 2.58. The monoisotopic (exact) mass is 276 g/mol. The minimum atomic E-state index is -0.135. The van der Waals surface area contributed by atoms with Crippen molar-refractivity contribution in [2.45, 2.75) is 57.4 Å². The summed E-state index contributed by atoms with van der Waals surface area (Å²) in [5, 5.41) is 2.95. The molecule has 4 aliphatic carbocycles. The van der Waals surface area contributed by atoms with E-state index in [1.807, 2.05) is 6.92 Å². The van der Waals surface area contributed by atoms with Gasteiger partial charge in [-0.2, -0.15) is 0 Å². The first kappa shape index (κ1) is 12.7. The Balaban J connectivity index is 1.68. The zero-order chi connectivity index (χ0) is 13.9. The van der Waals surface area contributed by atoms with Crippen LogP contribution in [-0.4, -0.2) is 28.9 Å². The Bertz CT molecular complexity index is 424.